The molecule has 1 rings (SSSR count). The summed E-state index contributed by atoms with van der Waals surface area (Å²) < 4.78 is 0. The molecule has 3 nitrogen and oxygen atoms in total. The Kier molecular flexibility index (Phi) is 4.24. The van der Waals surface area contributed by atoms with Gasteiger partial charge >= 0.3 is 5.97 Å². The van der Waals surface area contributed by atoms with Crippen LogP contribution in [0.4, 0.5) is 5.69 Å². The smallest absolute Gasteiger partial charge is 0.317 e. The lowest BCUT2D eigenvalue weighted by atomic mass is 10.1. The van der Waals surface area contributed by atoms with E-state index in [1.165, 1.54) is 11.8 Å². The Morgan fingerprint density at radius 3 is 2.50 bits per heavy atom. The van der Waals surface area contributed by atoms with E-state index in [1.54, 1.807) is 0 Å². The van der Waals surface area contributed by atoms with E-state index in [2.05, 4.69) is 0 Å². The Morgan fingerprint density at radius 2 is 2.06 bits per heavy atom. The Morgan fingerprint density at radius 1 is 1.44 bits per heavy atom. The molecule has 4 heteroatoms. The van der Waals surface area contributed by atoms with E-state index in [9.17, 15) is 4.79 Å². The van der Waals surface area contributed by atoms with Gasteiger partial charge in [-0.25, -0.2) is 0 Å². The summed E-state index contributed by atoms with van der Waals surface area (Å²) >= 11 is 1.37. The SMILES string of the molecule is Cc1cc(SC(C(=O)O)C(C)C)ccc1N. The summed E-state index contributed by atoms with van der Waals surface area (Å²) in [4.78, 5) is 12.0. The fourth-order valence-corrected chi connectivity index (χ4v) is 2.40. The first-order valence-corrected chi connectivity index (χ1v) is 6.05. The maximum Gasteiger partial charge on any atom is 0.317 e. The first-order valence-electron chi connectivity index (χ1n) is 5.17. The van der Waals surface area contributed by atoms with E-state index in [0.717, 1.165) is 16.1 Å². The highest BCUT2D eigenvalue weighted by molar-refractivity contribution is 8.00. The zero-order valence-corrected chi connectivity index (χ0v) is 10.5. The molecule has 0 radical (unpaired) electrons. The molecule has 3 N–H and O–H groups in total. The van der Waals surface area contributed by atoms with Crippen LogP contribution in [0.25, 0.3) is 0 Å². The normalized spacial score (nSPS) is 12.8. The lowest BCUT2D eigenvalue weighted by Crippen LogP contribution is -2.22. The van der Waals surface area contributed by atoms with Gasteiger partial charge in [-0.15, -0.1) is 11.8 Å². The molecule has 0 spiro atoms. The molecule has 0 aliphatic heterocycles. The van der Waals surface area contributed by atoms with Crippen molar-refractivity contribution in [1.82, 2.24) is 0 Å². The van der Waals surface area contributed by atoms with Crippen LogP contribution in [0, 0.1) is 12.8 Å². The van der Waals surface area contributed by atoms with Gasteiger partial charge in [-0.2, -0.15) is 0 Å². The number of carboxylic acid groups (broad SMARTS) is 1. The predicted molar refractivity (Wildman–Crippen MR) is 67.7 cm³/mol. The molecule has 0 aliphatic rings. The van der Waals surface area contributed by atoms with Crippen LogP contribution >= 0.6 is 11.8 Å². The number of aryl methyl sites for hydroxylation is 1. The molecule has 0 bridgehead atoms. The third-order valence-electron chi connectivity index (χ3n) is 2.35. The second kappa shape index (κ2) is 5.25. The Hall–Kier alpha value is -1.16. The minimum Gasteiger partial charge on any atom is -0.480 e. The molecule has 0 amide bonds. The molecule has 1 atom stereocenters. The van der Waals surface area contributed by atoms with Crippen LogP contribution in [-0.2, 0) is 4.79 Å². The molecule has 16 heavy (non-hydrogen) atoms. The Labute approximate surface area is 100 Å². The summed E-state index contributed by atoms with van der Waals surface area (Å²) in [6.07, 6.45) is 0. The van der Waals surface area contributed by atoms with Crippen LogP contribution in [0.3, 0.4) is 0 Å². The van der Waals surface area contributed by atoms with Crippen molar-refractivity contribution in [2.75, 3.05) is 5.73 Å². The molecule has 0 saturated carbocycles. The van der Waals surface area contributed by atoms with E-state index in [0.29, 0.717) is 0 Å². The number of carboxylic acids is 1. The molecule has 0 fully saturated rings. The van der Waals surface area contributed by atoms with Crippen molar-refractivity contribution in [3.63, 3.8) is 0 Å². The second-order valence-corrected chi connectivity index (χ2v) is 5.35. The van der Waals surface area contributed by atoms with Crippen molar-refractivity contribution in [3.8, 4) is 0 Å². The number of hydrogen-bond acceptors (Lipinski definition) is 3. The summed E-state index contributed by atoms with van der Waals surface area (Å²) in [5.41, 5.74) is 7.43. The standard InChI is InChI=1S/C12H17NO2S/c1-7(2)11(12(14)15)16-9-4-5-10(13)8(3)6-9/h4-7,11H,13H2,1-3H3,(H,14,15). The van der Waals surface area contributed by atoms with Gasteiger partial charge in [-0.3, -0.25) is 4.79 Å². The zero-order valence-electron chi connectivity index (χ0n) is 9.73. The van der Waals surface area contributed by atoms with Crippen LogP contribution in [-0.4, -0.2) is 16.3 Å². The molecule has 0 saturated heterocycles. The number of nitrogens with two attached hydrogens (primary N) is 1. The lowest BCUT2D eigenvalue weighted by Gasteiger charge is -2.16. The first-order chi connectivity index (χ1) is 7.41. The molecule has 0 heterocycles. The van der Waals surface area contributed by atoms with Crippen molar-refractivity contribution < 1.29 is 9.90 Å². The molecule has 88 valence electrons. The molecule has 0 aliphatic carbocycles. The van der Waals surface area contributed by atoms with Crippen LogP contribution in [0.2, 0.25) is 0 Å². The number of thioether (sulfide) groups is 1. The average Bonchev–Trinajstić information content (AvgIpc) is 2.18. The van der Waals surface area contributed by atoms with E-state index >= 15 is 0 Å². The number of anilines is 1. The molecular formula is C12H17NO2S. The molecule has 1 unspecified atom stereocenters. The summed E-state index contributed by atoms with van der Waals surface area (Å²) in [6, 6.07) is 5.61. The fourth-order valence-electron chi connectivity index (χ4n) is 1.34. The molecular weight excluding hydrogens is 222 g/mol. The zero-order chi connectivity index (χ0) is 12.3. The summed E-state index contributed by atoms with van der Waals surface area (Å²) in [7, 11) is 0. The monoisotopic (exact) mass is 239 g/mol. The fraction of sp³-hybridized carbons (Fsp3) is 0.417. The summed E-state index contributed by atoms with van der Waals surface area (Å²) in [5, 5.41) is 8.67. The van der Waals surface area contributed by atoms with Gasteiger partial charge in [0, 0.05) is 10.6 Å². The van der Waals surface area contributed by atoms with Crippen LogP contribution in [0.15, 0.2) is 23.1 Å². The van der Waals surface area contributed by atoms with Gasteiger partial charge in [-0.05, 0) is 36.6 Å². The topological polar surface area (TPSA) is 63.3 Å². The lowest BCUT2D eigenvalue weighted by molar-refractivity contribution is -0.137. The van der Waals surface area contributed by atoms with Gasteiger partial charge in [0.1, 0.15) is 5.25 Å². The maximum absolute atomic E-state index is 11.1. The Balaban J connectivity index is 2.86. The van der Waals surface area contributed by atoms with Gasteiger partial charge in [-0.1, -0.05) is 13.8 Å². The molecule has 1 aromatic rings. The highest BCUT2D eigenvalue weighted by Crippen LogP contribution is 2.30. The van der Waals surface area contributed by atoms with Crippen LogP contribution in [0.5, 0.6) is 0 Å². The minimum absolute atomic E-state index is 0.0976. The molecule has 0 aromatic heterocycles. The minimum atomic E-state index is -0.769. The maximum atomic E-state index is 11.1. The number of carbonyl (C=O) groups is 1. The van der Waals surface area contributed by atoms with Gasteiger partial charge in [0.05, 0.1) is 0 Å². The third-order valence-corrected chi connectivity index (χ3v) is 3.88. The number of hydrogen-bond donors (Lipinski definition) is 2. The van der Waals surface area contributed by atoms with Crippen molar-refractivity contribution in [1.29, 1.82) is 0 Å². The highest BCUT2D eigenvalue weighted by atomic mass is 32.2. The van der Waals surface area contributed by atoms with Crippen molar-refractivity contribution in [2.45, 2.75) is 30.9 Å². The highest BCUT2D eigenvalue weighted by Gasteiger charge is 2.22. The predicted octanol–water partition coefficient (Wildman–Crippen LogP) is 2.78. The van der Waals surface area contributed by atoms with Crippen molar-refractivity contribution >= 4 is 23.4 Å². The number of aliphatic carboxylic acids is 1. The van der Waals surface area contributed by atoms with Gasteiger partial charge < -0.3 is 10.8 Å². The van der Waals surface area contributed by atoms with Crippen molar-refractivity contribution in [3.05, 3.63) is 23.8 Å². The van der Waals surface area contributed by atoms with E-state index in [4.69, 9.17) is 10.8 Å². The summed E-state index contributed by atoms with van der Waals surface area (Å²) in [6.45, 7) is 5.75. The van der Waals surface area contributed by atoms with Crippen LogP contribution in [0.1, 0.15) is 19.4 Å². The second-order valence-electron chi connectivity index (χ2n) is 4.14. The van der Waals surface area contributed by atoms with E-state index in [1.807, 2.05) is 39.0 Å². The quantitative estimate of drug-likeness (QED) is 0.626. The van der Waals surface area contributed by atoms with E-state index < -0.39 is 11.2 Å². The van der Waals surface area contributed by atoms with E-state index in [-0.39, 0.29) is 5.92 Å². The number of rotatable bonds is 4. The van der Waals surface area contributed by atoms with Gasteiger partial charge in [0.15, 0.2) is 0 Å². The molecule has 1 aromatic carbocycles. The van der Waals surface area contributed by atoms with Gasteiger partial charge in [0.25, 0.3) is 0 Å². The number of nitrogen functional groups attached to an aromatic ring is 1. The third kappa shape index (κ3) is 3.17. The summed E-state index contributed by atoms with van der Waals surface area (Å²) in [5.74, 6) is -0.671. The van der Waals surface area contributed by atoms with Crippen molar-refractivity contribution in [2.24, 2.45) is 5.92 Å². The van der Waals surface area contributed by atoms with Gasteiger partial charge in [0.2, 0.25) is 0 Å². The first kappa shape index (κ1) is 12.9. The van der Waals surface area contributed by atoms with Crippen LogP contribution < -0.4 is 5.73 Å². The largest absolute Gasteiger partial charge is 0.480 e. The average molecular weight is 239 g/mol. The Bertz CT molecular complexity index is 391. The number of benzene rings is 1.